The van der Waals surface area contributed by atoms with E-state index in [1.807, 2.05) is 48.4 Å². The number of amides is 1. The second-order valence-corrected chi connectivity index (χ2v) is 6.23. The van der Waals surface area contributed by atoms with Crippen molar-refractivity contribution in [2.45, 2.75) is 32.2 Å². The van der Waals surface area contributed by atoms with Gasteiger partial charge in [-0.2, -0.15) is 0 Å². The van der Waals surface area contributed by atoms with Crippen molar-refractivity contribution in [2.75, 3.05) is 6.54 Å². The Hall–Kier alpha value is -1.94. The van der Waals surface area contributed by atoms with E-state index in [4.69, 9.17) is 12.2 Å². The number of hydrogen-bond donors (Lipinski definition) is 1. The Morgan fingerprint density at radius 1 is 1.27 bits per heavy atom. The molecule has 0 unspecified atom stereocenters. The predicted molar refractivity (Wildman–Crippen MR) is 90.4 cm³/mol. The van der Waals surface area contributed by atoms with E-state index in [0.29, 0.717) is 0 Å². The summed E-state index contributed by atoms with van der Waals surface area (Å²) in [7, 11) is 0. The molecule has 0 aliphatic carbocycles. The molecule has 1 N–H and O–H groups in total. The fourth-order valence-electron chi connectivity index (χ4n) is 3.08. The lowest BCUT2D eigenvalue weighted by Gasteiger charge is -2.36. The Bertz CT molecular complexity index is 723. The normalized spacial score (nSPS) is 18.2. The predicted octanol–water partition coefficient (Wildman–Crippen LogP) is 4.42. The molecule has 0 radical (unpaired) electrons. The zero-order valence-electron chi connectivity index (χ0n) is 12.7. The lowest BCUT2D eigenvalue weighted by molar-refractivity contribution is 0.0611. The van der Waals surface area contributed by atoms with Gasteiger partial charge in [0.15, 0.2) is 0 Å². The lowest BCUT2D eigenvalue weighted by Crippen LogP contribution is -2.38. The standard InChI is InChI=1S/C18H20N2OS/c1-13-11-15(12-19-17(13)22)16-9-5-6-10-20(16)18(21)14-7-3-2-4-8-14/h2-4,7-8,11-12,16H,5-6,9-10H2,1H3,(H,19,22)/t16-/m1/s1. The van der Waals surface area contributed by atoms with E-state index >= 15 is 0 Å². The fraction of sp³-hybridized carbons (Fsp3) is 0.333. The minimum atomic E-state index is 0.116. The number of aromatic nitrogens is 1. The summed E-state index contributed by atoms with van der Waals surface area (Å²) in [4.78, 5) is 18.0. The van der Waals surface area contributed by atoms with Gasteiger partial charge in [-0.1, -0.05) is 30.4 Å². The van der Waals surface area contributed by atoms with Crippen molar-refractivity contribution in [3.63, 3.8) is 0 Å². The maximum absolute atomic E-state index is 12.8. The van der Waals surface area contributed by atoms with Crippen molar-refractivity contribution in [1.29, 1.82) is 0 Å². The van der Waals surface area contributed by atoms with E-state index in [2.05, 4.69) is 11.1 Å². The largest absolute Gasteiger partial charge is 0.352 e. The Morgan fingerprint density at radius 3 is 2.77 bits per heavy atom. The molecule has 1 aliphatic rings. The van der Waals surface area contributed by atoms with Crippen LogP contribution in [-0.2, 0) is 0 Å². The average Bonchev–Trinajstić information content (AvgIpc) is 2.57. The number of H-pyrrole nitrogens is 1. The molecule has 1 fully saturated rings. The number of piperidine rings is 1. The molecule has 2 aromatic rings. The summed E-state index contributed by atoms with van der Waals surface area (Å²) >= 11 is 5.24. The number of hydrogen-bond acceptors (Lipinski definition) is 2. The first kappa shape index (κ1) is 15.0. The van der Waals surface area contributed by atoms with Gasteiger partial charge in [0.1, 0.15) is 4.64 Å². The van der Waals surface area contributed by atoms with Gasteiger partial charge in [0.05, 0.1) is 6.04 Å². The van der Waals surface area contributed by atoms with Crippen LogP contribution in [0.1, 0.15) is 46.8 Å². The molecule has 1 atom stereocenters. The van der Waals surface area contributed by atoms with E-state index in [9.17, 15) is 4.79 Å². The molecule has 2 heterocycles. The van der Waals surface area contributed by atoms with E-state index in [1.165, 1.54) is 0 Å². The molecule has 1 aromatic heterocycles. The molecule has 3 nitrogen and oxygen atoms in total. The highest BCUT2D eigenvalue weighted by atomic mass is 32.1. The molecular weight excluding hydrogens is 292 g/mol. The van der Waals surface area contributed by atoms with Gasteiger partial charge < -0.3 is 9.88 Å². The molecule has 22 heavy (non-hydrogen) atoms. The molecule has 114 valence electrons. The van der Waals surface area contributed by atoms with Gasteiger partial charge in [0, 0.05) is 18.3 Å². The van der Waals surface area contributed by atoms with Crippen molar-refractivity contribution in [3.05, 3.63) is 63.9 Å². The van der Waals surface area contributed by atoms with E-state index in [-0.39, 0.29) is 11.9 Å². The van der Waals surface area contributed by atoms with Crippen LogP contribution in [0.25, 0.3) is 0 Å². The van der Waals surface area contributed by atoms with Crippen LogP contribution in [0.4, 0.5) is 0 Å². The first-order valence-electron chi connectivity index (χ1n) is 7.72. The van der Waals surface area contributed by atoms with Gasteiger partial charge >= 0.3 is 0 Å². The first-order chi connectivity index (χ1) is 10.7. The summed E-state index contributed by atoms with van der Waals surface area (Å²) in [5.74, 6) is 0.116. The second-order valence-electron chi connectivity index (χ2n) is 5.82. The number of likely N-dealkylation sites (tertiary alicyclic amines) is 1. The van der Waals surface area contributed by atoms with E-state index < -0.39 is 0 Å². The van der Waals surface area contributed by atoms with Gasteiger partial charge in [0.25, 0.3) is 5.91 Å². The molecule has 3 rings (SSSR count). The summed E-state index contributed by atoms with van der Waals surface area (Å²) < 4.78 is 0.764. The number of aromatic amines is 1. The number of rotatable bonds is 2. The third kappa shape index (κ3) is 2.97. The Morgan fingerprint density at radius 2 is 2.05 bits per heavy atom. The van der Waals surface area contributed by atoms with E-state index in [0.717, 1.165) is 47.1 Å². The van der Waals surface area contributed by atoms with Crippen LogP contribution < -0.4 is 0 Å². The molecule has 1 saturated heterocycles. The minimum Gasteiger partial charge on any atom is -0.352 e. The smallest absolute Gasteiger partial charge is 0.254 e. The van der Waals surface area contributed by atoms with Crippen molar-refractivity contribution in [3.8, 4) is 0 Å². The van der Waals surface area contributed by atoms with Crippen molar-refractivity contribution in [2.24, 2.45) is 0 Å². The zero-order valence-corrected chi connectivity index (χ0v) is 13.5. The molecule has 1 aliphatic heterocycles. The first-order valence-corrected chi connectivity index (χ1v) is 8.13. The van der Waals surface area contributed by atoms with Crippen LogP contribution in [0.5, 0.6) is 0 Å². The average molecular weight is 312 g/mol. The third-order valence-electron chi connectivity index (χ3n) is 4.28. The minimum absolute atomic E-state index is 0.116. The van der Waals surface area contributed by atoms with Gasteiger partial charge in [-0.05, 0) is 55.5 Å². The Labute approximate surface area is 136 Å². The lowest BCUT2D eigenvalue weighted by atomic mass is 9.95. The third-order valence-corrected chi connectivity index (χ3v) is 4.72. The maximum Gasteiger partial charge on any atom is 0.254 e. The number of aryl methyl sites for hydroxylation is 1. The maximum atomic E-state index is 12.8. The van der Waals surface area contributed by atoms with Crippen LogP contribution >= 0.6 is 12.2 Å². The number of nitrogens with zero attached hydrogens (tertiary/aromatic N) is 1. The molecule has 0 bridgehead atoms. The molecular formula is C18H20N2OS. The molecule has 1 aromatic carbocycles. The van der Waals surface area contributed by atoms with Crippen LogP contribution in [0.3, 0.4) is 0 Å². The number of benzene rings is 1. The summed E-state index contributed by atoms with van der Waals surface area (Å²) in [6.07, 6.45) is 5.17. The van der Waals surface area contributed by atoms with Crippen LogP contribution in [0.15, 0.2) is 42.6 Å². The molecule has 0 saturated carbocycles. The second kappa shape index (κ2) is 6.44. The van der Waals surface area contributed by atoms with E-state index in [1.54, 1.807) is 0 Å². The zero-order chi connectivity index (χ0) is 15.5. The number of carbonyl (C=O) groups excluding carboxylic acids is 1. The number of pyridine rings is 1. The molecule has 0 spiro atoms. The van der Waals surface area contributed by atoms with Crippen molar-refractivity contribution in [1.82, 2.24) is 9.88 Å². The topological polar surface area (TPSA) is 36.1 Å². The summed E-state index contributed by atoms with van der Waals surface area (Å²) in [6, 6.07) is 11.8. The summed E-state index contributed by atoms with van der Waals surface area (Å²) in [6.45, 7) is 2.82. The SMILES string of the molecule is Cc1cc([C@H]2CCCCN2C(=O)c2ccccc2)c[nH]c1=S. The number of nitrogens with one attached hydrogen (secondary N) is 1. The molecule has 1 amide bonds. The van der Waals surface area contributed by atoms with Gasteiger partial charge in [-0.15, -0.1) is 0 Å². The summed E-state index contributed by atoms with van der Waals surface area (Å²) in [5.41, 5.74) is 2.97. The van der Waals surface area contributed by atoms with Crippen molar-refractivity contribution < 1.29 is 4.79 Å². The monoisotopic (exact) mass is 312 g/mol. The van der Waals surface area contributed by atoms with Crippen LogP contribution in [-0.4, -0.2) is 22.3 Å². The highest BCUT2D eigenvalue weighted by Crippen LogP contribution is 2.32. The van der Waals surface area contributed by atoms with Gasteiger partial charge in [-0.25, -0.2) is 0 Å². The molecule has 4 heteroatoms. The quantitative estimate of drug-likeness (QED) is 0.833. The van der Waals surface area contributed by atoms with Crippen molar-refractivity contribution >= 4 is 18.1 Å². The Kier molecular flexibility index (Phi) is 4.39. The van der Waals surface area contributed by atoms with Crippen LogP contribution in [0.2, 0.25) is 0 Å². The fourth-order valence-corrected chi connectivity index (χ4v) is 3.20. The Balaban J connectivity index is 1.92. The summed E-state index contributed by atoms with van der Waals surface area (Å²) in [5, 5.41) is 0. The van der Waals surface area contributed by atoms with Gasteiger partial charge in [-0.3, -0.25) is 4.79 Å². The highest BCUT2D eigenvalue weighted by molar-refractivity contribution is 7.71. The highest BCUT2D eigenvalue weighted by Gasteiger charge is 2.28. The number of carbonyl (C=O) groups is 1. The van der Waals surface area contributed by atoms with Gasteiger partial charge in [0.2, 0.25) is 0 Å². The van der Waals surface area contributed by atoms with Crippen LogP contribution in [0, 0.1) is 11.6 Å².